The number of anilines is 2. The van der Waals surface area contributed by atoms with Crippen LogP contribution in [0, 0.1) is 0 Å². The summed E-state index contributed by atoms with van der Waals surface area (Å²) in [5.74, 6) is 1.15. The number of thiazole rings is 1. The van der Waals surface area contributed by atoms with Gasteiger partial charge >= 0.3 is 0 Å². The molecule has 2 aromatic carbocycles. The number of benzene rings is 2. The van der Waals surface area contributed by atoms with Crippen LogP contribution in [0.25, 0.3) is 11.0 Å². The maximum Gasteiger partial charge on any atom is 0.230 e. The third kappa shape index (κ3) is 4.62. The molecule has 0 saturated carbocycles. The van der Waals surface area contributed by atoms with Crippen molar-refractivity contribution < 1.29 is 9.53 Å². The number of para-hydroxylation sites is 2. The summed E-state index contributed by atoms with van der Waals surface area (Å²) in [5.41, 5.74) is 3.55. The minimum atomic E-state index is -0.121. The molecule has 166 valence electrons. The standard InChI is InChI=1S/C23H23ClN4O2S2/c1-4-11-27-19-10-9-16(24)12-18(19)26-22(27)31-13-17-14-32-23(25-17)28(15(2)29)20-7-5-6-8-21(20)30-3/h5-10,12,14H,4,11,13H2,1-3H3. The quantitative estimate of drug-likeness (QED) is 0.264. The highest BCUT2D eigenvalue weighted by Gasteiger charge is 2.21. The second-order valence-corrected chi connectivity index (χ2v) is 9.33. The van der Waals surface area contributed by atoms with Crippen molar-refractivity contribution in [3.8, 4) is 5.75 Å². The van der Waals surface area contributed by atoms with Gasteiger partial charge in [-0.25, -0.2) is 9.97 Å². The largest absolute Gasteiger partial charge is 0.495 e. The number of nitrogens with zero attached hydrogens (tertiary/aromatic N) is 4. The van der Waals surface area contributed by atoms with E-state index >= 15 is 0 Å². The number of fused-ring (bicyclic) bond motifs is 1. The van der Waals surface area contributed by atoms with Gasteiger partial charge in [-0.1, -0.05) is 42.4 Å². The summed E-state index contributed by atoms with van der Waals surface area (Å²) in [4.78, 5) is 23.6. The lowest BCUT2D eigenvalue weighted by atomic mass is 10.2. The van der Waals surface area contributed by atoms with Crippen LogP contribution in [0.3, 0.4) is 0 Å². The number of hydrogen-bond donors (Lipinski definition) is 0. The molecule has 0 saturated heterocycles. The van der Waals surface area contributed by atoms with Crippen LogP contribution in [0.15, 0.2) is 53.0 Å². The van der Waals surface area contributed by atoms with Gasteiger partial charge in [0.15, 0.2) is 10.3 Å². The molecule has 0 atom stereocenters. The van der Waals surface area contributed by atoms with Crippen LogP contribution < -0.4 is 9.64 Å². The first-order valence-electron chi connectivity index (χ1n) is 10.2. The molecule has 0 fully saturated rings. The van der Waals surface area contributed by atoms with Gasteiger partial charge < -0.3 is 9.30 Å². The van der Waals surface area contributed by atoms with Crippen molar-refractivity contribution >= 4 is 62.5 Å². The molecule has 2 heterocycles. The van der Waals surface area contributed by atoms with E-state index in [0.717, 1.165) is 34.8 Å². The normalized spacial score (nSPS) is 11.1. The summed E-state index contributed by atoms with van der Waals surface area (Å²) in [7, 11) is 1.59. The van der Waals surface area contributed by atoms with E-state index < -0.39 is 0 Å². The highest BCUT2D eigenvalue weighted by atomic mass is 35.5. The zero-order valence-corrected chi connectivity index (χ0v) is 20.4. The molecule has 0 aliphatic rings. The number of ether oxygens (including phenoxy) is 1. The summed E-state index contributed by atoms with van der Waals surface area (Å²) in [6.45, 7) is 4.56. The molecule has 0 bridgehead atoms. The van der Waals surface area contributed by atoms with Crippen molar-refractivity contribution in [2.75, 3.05) is 12.0 Å². The summed E-state index contributed by atoms with van der Waals surface area (Å²) in [5, 5.41) is 4.22. The van der Waals surface area contributed by atoms with Crippen molar-refractivity contribution in [2.24, 2.45) is 0 Å². The van der Waals surface area contributed by atoms with E-state index in [-0.39, 0.29) is 5.91 Å². The number of hydrogen-bond acceptors (Lipinski definition) is 6. The van der Waals surface area contributed by atoms with Crippen molar-refractivity contribution in [2.45, 2.75) is 37.7 Å². The first-order chi connectivity index (χ1) is 15.5. The van der Waals surface area contributed by atoms with E-state index in [2.05, 4.69) is 11.5 Å². The topological polar surface area (TPSA) is 60.2 Å². The second-order valence-electron chi connectivity index (χ2n) is 7.12. The first-order valence-corrected chi connectivity index (χ1v) is 12.4. The Hall–Kier alpha value is -2.55. The van der Waals surface area contributed by atoms with Crippen LogP contribution in [0.1, 0.15) is 26.0 Å². The number of methoxy groups -OCH3 is 1. The zero-order valence-electron chi connectivity index (χ0n) is 18.0. The minimum Gasteiger partial charge on any atom is -0.495 e. The average Bonchev–Trinajstić information content (AvgIpc) is 3.37. The number of imidazole rings is 1. The number of aryl methyl sites for hydroxylation is 1. The summed E-state index contributed by atoms with van der Waals surface area (Å²) in [6, 6.07) is 13.2. The molecule has 4 rings (SSSR count). The fourth-order valence-electron chi connectivity index (χ4n) is 3.46. The molecule has 32 heavy (non-hydrogen) atoms. The van der Waals surface area contributed by atoms with Gasteiger partial charge in [0, 0.05) is 29.6 Å². The van der Waals surface area contributed by atoms with Crippen LogP contribution in [-0.2, 0) is 17.1 Å². The van der Waals surface area contributed by atoms with Crippen LogP contribution in [0.4, 0.5) is 10.8 Å². The number of amides is 1. The smallest absolute Gasteiger partial charge is 0.230 e. The van der Waals surface area contributed by atoms with Gasteiger partial charge in [0.25, 0.3) is 0 Å². The lowest BCUT2D eigenvalue weighted by molar-refractivity contribution is -0.115. The number of halogens is 1. The Bertz CT molecular complexity index is 1250. The van der Waals surface area contributed by atoms with E-state index in [9.17, 15) is 4.79 Å². The number of aromatic nitrogens is 3. The lowest BCUT2D eigenvalue weighted by Crippen LogP contribution is -2.23. The van der Waals surface area contributed by atoms with Crippen LogP contribution in [-0.4, -0.2) is 27.6 Å². The average molecular weight is 487 g/mol. The molecule has 0 unspecified atom stereocenters. The number of carbonyl (C=O) groups is 1. The molecule has 0 N–H and O–H groups in total. The van der Waals surface area contributed by atoms with Crippen LogP contribution >= 0.6 is 34.7 Å². The van der Waals surface area contributed by atoms with Crippen molar-refractivity contribution in [1.29, 1.82) is 0 Å². The molecule has 6 nitrogen and oxygen atoms in total. The van der Waals surface area contributed by atoms with Gasteiger partial charge in [0.05, 0.1) is 29.5 Å². The maximum atomic E-state index is 12.5. The SMILES string of the molecule is CCCn1c(SCc2csc(N(C(C)=O)c3ccccc3OC)n2)nc2cc(Cl)ccc21. The molecular formula is C23H23ClN4O2S2. The minimum absolute atomic E-state index is 0.121. The molecule has 0 aliphatic carbocycles. The third-order valence-electron chi connectivity index (χ3n) is 4.84. The maximum absolute atomic E-state index is 12.5. The van der Waals surface area contributed by atoms with Gasteiger partial charge in [-0.2, -0.15) is 0 Å². The predicted molar refractivity (Wildman–Crippen MR) is 133 cm³/mol. The fraction of sp³-hybridized carbons (Fsp3) is 0.261. The highest BCUT2D eigenvalue weighted by molar-refractivity contribution is 7.98. The third-order valence-corrected chi connectivity index (χ3v) is 6.96. The number of rotatable bonds is 8. The predicted octanol–water partition coefficient (Wildman–Crippen LogP) is 6.54. The molecule has 0 aliphatic heterocycles. The van der Waals surface area contributed by atoms with E-state index in [0.29, 0.717) is 27.3 Å². The Labute approximate surface area is 200 Å². The molecule has 0 spiro atoms. The highest BCUT2D eigenvalue weighted by Crippen LogP contribution is 2.36. The number of carbonyl (C=O) groups excluding carboxylic acids is 1. The van der Waals surface area contributed by atoms with Gasteiger partial charge in [0.1, 0.15) is 5.75 Å². The fourth-order valence-corrected chi connectivity index (χ4v) is 5.54. The van der Waals surface area contributed by atoms with Crippen LogP contribution in [0.2, 0.25) is 5.02 Å². The lowest BCUT2D eigenvalue weighted by Gasteiger charge is -2.20. The zero-order chi connectivity index (χ0) is 22.7. The van der Waals surface area contributed by atoms with Gasteiger partial charge in [0.2, 0.25) is 5.91 Å². The Morgan fingerprint density at radius 2 is 2.06 bits per heavy atom. The van der Waals surface area contributed by atoms with Crippen molar-refractivity contribution in [1.82, 2.24) is 14.5 Å². The summed E-state index contributed by atoms with van der Waals surface area (Å²) in [6.07, 6.45) is 1.01. The molecule has 4 aromatic rings. The summed E-state index contributed by atoms with van der Waals surface area (Å²) < 4.78 is 7.66. The summed E-state index contributed by atoms with van der Waals surface area (Å²) >= 11 is 9.22. The Morgan fingerprint density at radius 3 is 2.81 bits per heavy atom. The van der Waals surface area contributed by atoms with E-state index in [1.54, 1.807) is 23.8 Å². The Morgan fingerprint density at radius 1 is 1.25 bits per heavy atom. The van der Waals surface area contributed by atoms with Gasteiger partial charge in [-0.05, 0) is 36.8 Å². The molecular weight excluding hydrogens is 464 g/mol. The Kier molecular flexibility index (Phi) is 7.03. The second kappa shape index (κ2) is 9.94. The van der Waals surface area contributed by atoms with Crippen molar-refractivity contribution in [3.05, 3.63) is 58.6 Å². The molecule has 9 heteroatoms. The molecule has 2 aromatic heterocycles. The molecule has 1 amide bonds. The van der Waals surface area contributed by atoms with E-state index in [1.165, 1.54) is 18.3 Å². The van der Waals surface area contributed by atoms with Gasteiger partial charge in [-0.15, -0.1) is 11.3 Å². The van der Waals surface area contributed by atoms with E-state index in [1.807, 2.05) is 47.8 Å². The first kappa shape index (κ1) is 22.6. The van der Waals surface area contributed by atoms with Crippen molar-refractivity contribution in [3.63, 3.8) is 0 Å². The number of thioether (sulfide) groups is 1. The van der Waals surface area contributed by atoms with Crippen LogP contribution in [0.5, 0.6) is 5.75 Å². The van der Waals surface area contributed by atoms with E-state index in [4.69, 9.17) is 26.3 Å². The Balaban J connectivity index is 1.58. The monoisotopic (exact) mass is 486 g/mol. The van der Waals surface area contributed by atoms with Gasteiger partial charge in [-0.3, -0.25) is 9.69 Å². The molecule has 0 radical (unpaired) electrons.